The number of hydrogen-bond donors (Lipinski definition) is 2. The lowest BCUT2D eigenvalue weighted by Crippen LogP contribution is -2.31. The molecule has 1 aliphatic heterocycles. The summed E-state index contributed by atoms with van der Waals surface area (Å²) >= 11 is 0. The molecule has 0 aromatic heterocycles. The predicted octanol–water partition coefficient (Wildman–Crippen LogP) is 5.63. The number of urea groups is 1. The minimum atomic E-state index is -3.51. The number of carbonyl (C=O) groups excluding carboxylic acids is 1. The summed E-state index contributed by atoms with van der Waals surface area (Å²) in [4.78, 5) is 15.2. The summed E-state index contributed by atoms with van der Waals surface area (Å²) in [6.45, 7) is 4.18. The van der Waals surface area contributed by atoms with E-state index in [2.05, 4.69) is 27.7 Å². The molecule has 7 heteroatoms. The highest BCUT2D eigenvalue weighted by molar-refractivity contribution is 7.90. The van der Waals surface area contributed by atoms with Gasteiger partial charge in [0.15, 0.2) is 9.84 Å². The van der Waals surface area contributed by atoms with E-state index in [1.54, 1.807) is 24.3 Å². The number of carbonyl (C=O) groups is 1. The van der Waals surface area contributed by atoms with Gasteiger partial charge in [0.25, 0.3) is 0 Å². The van der Waals surface area contributed by atoms with E-state index in [4.69, 9.17) is 0 Å². The fraction of sp³-hybridized carbons (Fsp3) is 0.345. The molecule has 36 heavy (non-hydrogen) atoms. The van der Waals surface area contributed by atoms with Crippen LogP contribution in [0.1, 0.15) is 60.5 Å². The van der Waals surface area contributed by atoms with Crippen LogP contribution in [0.25, 0.3) is 0 Å². The van der Waals surface area contributed by atoms with E-state index in [1.807, 2.05) is 43.3 Å². The molecule has 1 fully saturated rings. The van der Waals surface area contributed by atoms with Crippen LogP contribution in [0, 0.1) is 0 Å². The summed E-state index contributed by atoms with van der Waals surface area (Å²) in [6, 6.07) is 22.2. The Morgan fingerprint density at radius 3 is 2.44 bits per heavy atom. The van der Waals surface area contributed by atoms with Crippen molar-refractivity contribution in [1.82, 2.24) is 10.2 Å². The molecule has 3 aromatic rings. The van der Waals surface area contributed by atoms with Gasteiger partial charge >= 0.3 is 6.03 Å². The summed E-state index contributed by atoms with van der Waals surface area (Å²) < 4.78 is 26.3. The van der Waals surface area contributed by atoms with Crippen LogP contribution in [0.4, 0.5) is 10.5 Å². The minimum absolute atomic E-state index is 0.0329. The maximum absolute atomic E-state index is 13.2. The van der Waals surface area contributed by atoms with Crippen molar-refractivity contribution in [3.8, 4) is 0 Å². The molecule has 5 rings (SSSR count). The summed E-state index contributed by atoms with van der Waals surface area (Å²) in [7, 11) is -3.51. The van der Waals surface area contributed by atoms with Gasteiger partial charge in [-0.1, -0.05) is 48.5 Å². The summed E-state index contributed by atoms with van der Waals surface area (Å²) in [6.07, 6.45) is 4.68. The second-order valence-electron chi connectivity index (χ2n) is 9.85. The van der Waals surface area contributed by atoms with Crippen molar-refractivity contribution >= 4 is 21.6 Å². The van der Waals surface area contributed by atoms with Crippen LogP contribution >= 0.6 is 0 Å². The molecule has 188 valence electrons. The monoisotopic (exact) mass is 503 g/mol. The van der Waals surface area contributed by atoms with E-state index in [0.717, 1.165) is 37.1 Å². The van der Waals surface area contributed by atoms with Gasteiger partial charge in [0.05, 0.1) is 16.7 Å². The van der Waals surface area contributed by atoms with Gasteiger partial charge in [-0.3, -0.25) is 4.90 Å². The van der Waals surface area contributed by atoms with Gasteiger partial charge < -0.3 is 10.6 Å². The van der Waals surface area contributed by atoms with Crippen molar-refractivity contribution in [1.29, 1.82) is 0 Å². The van der Waals surface area contributed by atoms with Crippen LogP contribution in [-0.2, 0) is 22.0 Å². The Hall–Kier alpha value is -3.16. The highest BCUT2D eigenvalue weighted by atomic mass is 32.2. The first-order valence-corrected chi connectivity index (χ1v) is 14.4. The highest BCUT2D eigenvalue weighted by Gasteiger charge is 2.30. The number of nitrogens with one attached hydrogen (secondary N) is 2. The molecule has 2 atom stereocenters. The lowest BCUT2D eigenvalue weighted by atomic mass is 10.0. The molecule has 2 unspecified atom stereocenters. The lowest BCUT2D eigenvalue weighted by Gasteiger charge is -2.24. The molecule has 2 amide bonds. The van der Waals surface area contributed by atoms with Gasteiger partial charge in [0.1, 0.15) is 0 Å². The molecule has 3 aromatic carbocycles. The first-order valence-electron chi connectivity index (χ1n) is 12.7. The standard InChI is InChI=1S/C29H33N3O3S/c1-21(23-7-3-2-4-8-23)30-29(33)31-25-12-14-26(15-13-25)36(34,35)20-22-9-10-24-11-16-28(27(24)19-22)32-17-5-6-18-32/h2-4,7-10,12-15,19,21,28H,5-6,11,16-18,20H2,1H3,(H2,30,31,33). The second-order valence-corrected chi connectivity index (χ2v) is 11.8. The maximum atomic E-state index is 13.2. The predicted molar refractivity (Wildman–Crippen MR) is 143 cm³/mol. The molecule has 1 aliphatic carbocycles. The Morgan fingerprint density at radius 2 is 1.72 bits per heavy atom. The van der Waals surface area contributed by atoms with Crippen LogP contribution in [0.3, 0.4) is 0 Å². The fourth-order valence-electron chi connectivity index (χ4n) is 5.39. The minimum Gasteiger partial charge on any atom is -0.331 e. The Bertz CT molecular complexity index is 1320. The number of sulfone groups is 1. The third-order valence-electron chi connectivity index (χ3n) is 7.31. The average molecular weight is 504 g/mol. The number of anilines is 1. The highest BCUT2D eigenvalue weighted by Crippen LogP contribution is 2.38. The molecule has 2 aliphatic rings. The molecule has 2 N–H and O–H groups in total. The van der Waals surface area contributed by atoms with Gasteiger partial charge in [-0.2, -0.15) is 0 Å². The Labute approximate surface area is 213 Å². The number of likely N-dealkylation sites (tertiary alicyclic amines) is 1. The summed E-state index contributed by atoms with van der Waals surface area (Å²) in [5, 5.41) is 5.68. The number of amides is 2. The number of benzene rings is 3. The quantitative estimate of drug-likeness (QED) is 0.438. The number of aryl methyl sites for hydroxylation is 1. The fourth-order valence-corrected chi connectivity index (χ4v) is 6.73. The van der Waals surface area contributed by atoms with Crippen molar-refractivity contribution in [2.24, 2.45) is 0 Å². The largest absolute Gasteiger partial charge is 0.331 e. The SMILES string of the molecule is CC(NC(=O)Nc1ccc(S(=O)(=O)Cc2ccc3c(c2)C(N2CCCC2)CC3)cc1)c1ccccc1. The summed E-state index contributed by atoms with van der Waals surface area (Å²) in [5.41, 5.74) is 5.03. The molecule has 0 spiro atoms. The lowest BCUT2D eigenvalue weighted by molar-refractivity contribution is 0.245. The first-order chi connectivity index (χ1) is 17.4. The van der Waals surface area contributed by atoms with Crippen molar-refractivity contribution in [3.05, 3.63) is 95.1 Å². The van der Waals surface area contributed by atoms with Gasteiger partial charge in [-0.25, -0.2) is 13.2 Å². The normalized spacial score (nSPS) is 18.5. The van der Waals surface area contributed by atoms with Crippen molar-refractivity contribution < 1.29 is 13.2 Å². The Morgan fingerprint density at radius 1 is 1.00 bits per heavy atom. The Kier molecular flexibility index (Phi) is 7.12. The number of fused-ring (bicyclic) bond motifs is 1. The van der Waals surface area contributed by atoms with Crippen LogP contribution in [-0.4, -0.2) is 32.4 Å². The topological polar surface area (TPSA) is 78.5 Å². The molecular weight excluding hydrogens is 470 g/mol. The van der Waals surface area contributed by atoms with E-state index in [0.29, 0.717) is 11.7 Å². The van der Waals surface area contributed by atoms with Gasteiger partial charge in [0.2, 0.25) is 0 Å². The van der Waals surface area contributed by atoms with Crippen molar-refractivity contribution in [3.63, 3.8) is 0 Å². The maximum Gasteiger partial charge on any atom is 0.319 e. The van der Waals surface area contributed by atoms with E-state index in [-0.39, 0.29) is 22.7 Å². The smallest absolute Gasteiger partial charge is 0.319 e. The van der Waals surface area contributed by atoms with Gasteiger partial charge in [0, 0.05) is 11.7 Å². The molecule has 0 radical (unpaired) electrons. The molecular formula is C29H33N3O3S. The molecule has 0 saturated carbocycles. The molecule has 6 nitrogen and oxygen atoms in total. The van der Waals surface area contributed by atoms with Crippen molar-refractivity contribution in [2.75, 3.05) is 18.4 Å². The zero-order chi connectivity index (χ0) is 25.1. The zero-order valence-corrected chi connectivity index (χ0v) is 21.4. The molecule has 0 bridgehead atoms. The average Bonchev–Trinajstić information content (AvgIpc) is 3.54. The third kappa shape index (κ3) is 5.47. The van der Waals surface area contributed by atoms with E-state index in [1.165, 1.54) is 24.0 Å². The second kappa shape index (κ2) is 10.4. The Balaban J connectivity index is 1.22. The van der Waals surface area contributed by atoms with Crippen LogP contribution in [0.5, 0.6) is 0 Å². The van der Waals surface area contributed by atoms with Crippen LogP contribution < -0.4 is 10.6 Å². The van der Waals surface area contributed by atoms with E-state index < -0.39 is 9.84 Å². The van der Waals surface area contributed by atoms with E-state index >= 15 is 0 Å². The van der Waals surface area contributed by atoms with Crippen molar-refractivity contribution in [2.45, 2.75) is 55.3 Å². The third-order valence-corrected chi connectivity index (χ3v) is 9.02. The van der Waals surface area contributed by atoms with Crippen LogP contribution in [0.15, 0.2) is 77.7 Å². The number of rotatable bonds is 7. The molecule has 1 heterocycles. The first kappa shape index (κ1) is 24.5. The summed E-state index contributed by atoms with van der Waals surface area (Å²) in [5.74, 6) is -0.0329. The van der Waals surface area contributed by atoms with Crippen LogP contribution in [0.2, 0.25) is 0 Å². The molecule has 1 saturated heterocycles. The van der Waals surface area contributed by atoms with Gasteiger partial charge in [-0.05, 0) is 92.2 Å². The number of nitrogens with zero attached hydrogens (tertiary/aromatic N) is 1. The van der Waals surface area contributed by atoms with Gasteiger partial charge in [-0.15, -0.1) is 0 Å². The van der Waals surface area contributed by atoms with E-state index in [9.17, 15) is 13.2 Å². The number of hydrogen-bond acceptors (Lipinski definition) is 4. The zero-order valence-electron chi connectivity index (χ0n) is 20.6.